The van der Waals surface area contributed by atoms with Gasteiger partial charge in [0.2, 0.25) is 0 Å². The van der Waals surface area contributed by atoms with Gasteiger partial charge in [0.15, 0.2) is 5.12 Å². The second kappa shape index (κ2) is 6.61. The fourth-order valence-electron chi connectivity index (χ4n) is 1.14. The first kappa shape index (κ1) is 13.1. The molecule has 86 valence electrons. The summed E-state index contributed by atoms with van der Waals surface area (Å²) in [5.41, 5.74) is 7.21. The van der Waals surface area contributed by atoms with Gasteiger partial charge in [-0.05, 0) is 24.1 Å². The zero-order chi connectivity index (χ0) is 12.0. The molecule has 0 atom stereocenters. The lowest BCUT2D eigenvalue weighted by molar-refractivity contribution is -0.109. The summed E-state index contributed by atoms with van der Waals surface area (Å²) in [5.74, 6) is 0.814. The summed E-state index contributed by atoms with van der Waals surface area (Å²) < 4.78 is 0. The molecule has 0 aliphatic carbocycles. The topological polar surface area (TPSA) is 43.1 Å². The van der Waals surface area contributed by atoms with E-state index in [0.29, 0.717) is 10.7 Å². The lowest BCUT2D eigenvalue weighted by Crippen LogP contribution is -1.86. The van der Waals surface area contributed by atoms with Crippen LogP contribution in [0.15, 0.2) is 24.3 Å². The molecular weight excluding hydrogens is 242 g/mol. The zero-order valence-corrected chi connectivity index (χ0v) is 10.6. The summed E-state index contributed by atoms with van der Waals surface area (Å²) in [6, 6.07) is 5.52. The van der Waals surface area contributed by atoms with Crippen molar-refractivity contribution in [3.63, 3.8) is 0 Å². The minimum atomic E-state index is 0.156. The number of benzene rings is 1. The molecular formula is C12H14ClNOS. The highest BCUT2D eigenvalue weighted by atomic mass is 35.5. The first-order valence-corrected chi connectivity index (χ1v) is 6.31. The quantitative estimate of drug-likeness (QED) is 0.660. The van der Waals surface area contributed by atoms with E-state index in [4.69, 9.17) is 17.3 Å². The third-order valence-corrected chi connectivity index (χ3v) is 3.10. The van der Waals surface area contributed by atoms with Crippen LogP contribution >= 0.6 is 23.4 Å². The van der Waals surface area contributed by atoms with Crippen molar-refractivity contribution in [2.45, 2.75) is 13.3 Å². The number of carbonyl (C=O) groups is 1. The minimum Gasteiger partial charge on any atom is -0.398 e. The van der Waals surface area contributed by atoms with Crippen molar-refractivity contribution in [1.29, 1.82) is 0 Å². The number of rotatable bonds is 4. The van der Waals surface area contributed by atoms with Crippen molar-refractivity contribution >= 4 is 40.2 Å². The highest BCUT2D eigenvalue weighted by Crippen LogP contribution is 2.20. The van der Waals surface area contributed by atoms with E-state index in [2.05, 4.69) is 0 Å². The van der Waals surface area contributed by atoms with Gasteiger partial charge < -0.3 is 5.73 Å². The van der Waals surface area contributed by atoms with Crippen molar-refractivity contribution in [2.24, 2.45) is 0 Å². The second-order valence-electron chi connectivity index (χ2n) is 3.31. The zero-order valence-electron chi connectivity index (χ0n) is 9.07. The van der Waals surface area contributed by atoms with Crippen molar-refractivity contribution in [2.75, 3.05) is 11.5 Å². The average molecular weight is 256 g/mol. The number of carbonyl (C=O) groups excluding carboxylic acids is 1. The summed E-state index contributed by atoms with van der Waals surface area (Å²) in [6.45, 7) is 1.58. The molecule has 0 aromatic heterocycles. The van der Waals surface area contributed by atoms with Crippen LogP contribution in [0.4, 0.5) is 5.69 Å². The van der Waals surface area contributed by atoms with E-state index in [-0.39, 0.29) is 5.12 Å². The van der Waals surface area contributed by atoms with Gasteiger partial charge in [0.25, 0.3) is 0 Å². The van der Waals surface area contributed by atoms with E-state index >= 15 is 0 Å². The lowest BCUT2D eigenvalue weighted by Gasteiger charge is -1.98. The number of hydrogen-bond donors (Lipinski definition) is 1. The molecule has 0 bridgehead atoms. The Kier molecular flexibility index (Phi) is 5.43. The maximum atomic E-state index is 10.7. The van der Waals surface area contributed by atoms with E-state index in [1.165, 1.54) is 11.8 Å². The van der Waals surface area contributed by atoms with Crippen molar-refractivity contribution in [3.05, 3.63) is 34.9 Å². The molecule has 0 heterocycles. The van der Waals surface area contributed by atoms with Gasteiger partial charge in [-0.25, -0.2) is 0 Å². The molecule has 1 rings (SSSR count). The third-order valence-electron chi connectivity index (χ3n) is 1.92. The smallest absolute Gasteiger partial charge is 0.185 e. The summed E-state index contributed by atoms with van der Waals surface area (Å²) in [6.07, 6.45) is 4.87. The predicted octanol–water partition coefficient (Wildman–Crippen LogP) is 3.61. The van der Waals surface area contributed by atoms with Gasteiger partial charge in [-0.3, -0.25) is 4.79 Å². The standard InChI is InChI=1S/C12H14ClNOS/c1-9(15)16-7-3-2-4-10-5-6-12(14)11(13)8-10/h2,4-6,8H,3,7,14H2,1H3. The second-order valence-corrected chi connectivity index (χ2v) is 4.99. The highest BCUT2D eigenvalue weighted by molar-refractivity contribution is 8.13. The first-order chi connectivity index (χ1) is 7.59. The molecule has 2 nitrogen and oxygen atoms in total. The number of nitrogens with two attached hydrogens (primary N) is 1. The number of allylic oxidation sites excluding steroid dienone is 1. The Morgan fingerprint density at radius 2 is 2.31 bits per heavy atom. The van der Waals surface area contributed by atoms with E-state index < -0.39 is 0 Å². The Morgan fingerprint density at radius 1 is 1.56 bits per heavy atom. The fraction of sp³-hybridized carbons (Fsp3) is 0.250. The van der Waals surface area contributed by atoms with Crippen LogP contribution in [0.1, 0.15) is 18.9 Å². The van der Waals surface area contributed by atoms with Crippen LogP contribution in [-0.2, 0) is 4.79 Å². The Bertz CT molecular complexity index is 404. The molecule has 2 N–H and O–H groups in total. The number of anilines is 1. The van der Waals surface area contributed by atoms with E-state index in [0.717, 1.165) is 17.7 Å². The largest absolute Gasteiger partial charge is 0.398 e. The molecule has 0 amide bonds. The summed E-state index contributed by atoms with van der Waals surface area (Å²) >= 11 is 7.22. The molecule has 4 heteroatoms. The minimum absolute atomic E-state index is 0.156. The molecule has 0 saturated heterocycles. The number of hydrogen-bond acceptors (Lipinski definition) is 3. The Morgan fingerprint density at radius 3 is 2.94 bits per heavy atom. The van der Waals surface area contributed by atoms with E-state index in [1.807, 2.05) is 24.3 Å². The molecule has 0 fully saturated rings. The molecule has 0 saturated carbocycles. The molecule has 1 aromatic rings. The van der Waals surface area contributed by atoms with Crippen LogP contribution in [0.25, 0.3) is 6.08 Å². The maximum absolute atomic E-state index is 10.7. The SMILES string of the molecule is CC(=O)SCCC=Cc1ccc(N)c(Cl)c1. The van der Waals surface area contributed by atoms with Gasteiger partial charge in [-0.2, -0.15) is 0 Å². The molecule has 1 aromatic carbocycles. The molecule has 0 spiro atoms. The van der Waals surface area contributed by atoms with Crippen LogP contribution in [0.5, 0.6) is 0 Å². The van der Waals surface area contributed by atoms with E-state index in [1.54, 1.807) is 13.0 Å². The van der Waals surface area contributed by atoms with Gasteiger partial charge >= 0.3 is 0 Å². The number of thioether (sulfide) groups is 1. The molecule has 0 radical (unpaired) electrons. The van der Waals surface area contributed by atoms with Crippen molar-refractivity contribution in [1.82, 2.24) is 0 Å². The monoisotopic (exact) mass is 255 g/mol. The van der Waals surface area contributed by atoms with Crippen molar-refractivity contribution < 1.29 is 4.79 Å². The van der Waals surface area contributed by atoms with Gasteiger partial charge in [-0.15, -0.1) is 0 Å². The van der Waals surface area contributed by atoms with Gasteiger partial charge in [0.05, 0.1) is 10.7 Å². The lowest BCUT2D eigenvalue weighted by atomic mass is 10.2. The molecule has 0 aliphatic rings. The summed E-state index contributed by atoms with van der Waals surface area (Å²) in [5, 5.41) is 0.726. The van der Waals surface area contributed by atoms with E-state index in [9.17, 15) is 4.79 Å². The number of halogens is 1. The van der Waals surface area contributed by atoms with Gasteiger partial charge in [-0.1, -0.05) is 41.6 Å². The van der Waals surface area contributed by atoms with Crippen LogP contribution in [-0.4, -0.2) is 10.9 Å². The Labute approximate surface area is 105 Å². The fourth-order valence-corrected chi connectivity index (χ4v) is 1.87. The average Bonchev–Trinajstić information content (AvgIpc) is 2.22. The van der Waals surface area contributed by atoms with Gasteiger partial charge in [0.1, 0.15) is 0 Å². The highest BCUT2D eigenvalue weighted by Gasteiger charge is 1.95. The van der Waals surface area contributed by atoms with Crippen molar-refractivity contribution in [3.8, 4) is 0 Å². The van der Waals surface area contributed by atoms with Crippen LogP contribution in [0.2, 0.25) is 5.02 Å². The first-order valence-electron chi connectivity index (χ1n) is 4.94. The Balaban J connectivity index is 2.44. The van der Waals surface area contributed by atoms with Crippen LogP contribution in [0.3, 0.4) is 0 Å². The maximum Gasteiger partial charge on any atom is 0.185 e. The number of nitrogen functional groups attached to an aromatic ring is 1. The summed E-state index contributed by atoms with van der Waals surface area (Å²) in [4.78, 5) is 10.7. The molecule has 0 unspecified atom stereocenters. The normalized spacial score (nSPS) is 10.9. The molecule has 0 aliphatic heterocycles. The summed E-state index contributed by atoms with van der Waals surface area (Å²) in [7, 11) is 0. The van der Waals surface area contributed by atoms with Crippen LogP contribution < -0.4 is 5.73 Å². The van der Waals surface area contributed by atoms with Crippen LogP contribution in [0, 0.1) is 0 Å². The molecule has 16 heavy (non-hydrogen) atoms. The van der Waals surface area contributed by atoms with Gasteiger partial charge in [0, 0.05) is 12.7 Å². The third kappa shape index (κ3) is 4.73. The predicted molar refractivity (Wildman–Crippen MR) is 72.7 cm³/mol. The Hall–Kier alpha value is -0.930.